The van der Waals surface area contributed by atoms with Gasteiger partial charge in [-0.3, -0.25) is 4.79 Å². The molecule has 0 atom stereocenters. The summed E-state index contributed by atoms with van der Waals surface area (Å²) in [5.41, 5.74) is 0.504. The number of ether oxygens (including phenoxy) is 2. The summed E-state index contributed by atoms with van der Waals surface area (Å²) in [6.45, 7) is 7.39. The maximum atomic E-state index is 12.4. The summed E-state index contributed by atoms with van der Waals surface area (Å²) in [5.74, 6) is 1.30. The predicted molar refractivity (Wildman–Crippen MR) is 85.6 cm³/mol. The van der Waals surface area contributed by atoms with Crippen LogP contribution in [0.15, 0.2) is 12.1 Å². The van der Waals surface area contributed by atoms with Crippen molar-refractivity contribution in [3.05, 3.63) is 22.7 Å². The van der Waals surface area contributed by atoms with Gasteiger partial charge in [0.1, 0.15) is 0 Å². The average Bonchev–Trinajstić information content (AvgIpc) is 2.43. The lowest BCUT2D eigenvalue weighted by molar-refractivity contribution is 0.0778. The van der Waals surface area contributed by atoms with Crippen LogP contribution in [0, 0.1) is 5.92 Å². The van der Waals surface area contributed by atoms with Crippen molar-refractivity contribution in [3.63, 3.8) is 0 Å². The molecule has 0 aliphatic rings. The summed E-state index contributed by atoms with van der Waals surface area (Å²) in [6, 6.07) is 3.31. The third-order valence-corrected chi connectivity index (χ3v) is 3.19. The van der Waals surface area contributed by atoms with Crippen molar-refractivity contribution in [2.45, 2.75) is 27.2 Å². The number of hydrogen-bond acceptors (Lipinski definition) is 3. The molecule has 1 amide bonds. The molecule has 0 aliphatic heterocycles. The monoisotopic (exact) mass is 313 g/mol. The molecule has 0 N–H and O–H groups in total. The topological polar surface area (TPSA) is 38.8 Å². The van der Waals surface area contributed by atoms with Gasteiger partial charge in [-0.2, -0.15) is 0 Å². The summed E-state index contributed by atoms with van der Waals surface area (Å²) in [4.78, 5) is 14.1. The molecule has 0 saturated heterocycles. The molecule has 21 heavy (non-hydrogen) atoms. The van der Waals surface area contributed by atoms with Gasteiger partial charge >= 0.3 is 0 Å². The fraction of sp³-hybridized carbons (Fsp3) is 0.562. The van der Waals surface area contributed by atoms with E-state index in [1.807, 2.05) is 6.92 Å². The Morgan fingerprint density at radius 1 is 1.38 bits per heavy atom. The lowest BCUT2D eigenvalue weighted by Gasteiger charge is -2.20. The van der Waals surface area contributed by atoms with Crippen molar-refractivity contribution in [1.82, 2.24) is 4.90 Å². The van der Waals surface area contributed by atoms with Gasteiger partial charge in [0.15, 0.2) is 11.5 Å². The van der Waals surface area contributed by atoms with E-state index in [-0.39, 0.29) is 5.91 Å². The zero-order valence-corrected chi connectivity index (χ0v) is 14.2. The van der Waals surface area contributed by atoms with Crippen LogP contribution in [0.5, 0.6) is 11.5 Å². The molecule has 1 rings (SSSR count). The zero-order chi connectivity index (χ0) is 16.0. The molecule has 5 heteroatoms. The van der Waals surface area contributed by atoms with Crippen molar-refractivity contribution in [3.8, 4) is 11.5 Å². The number of methoxy groups -OCH3 is 1. The smallest absolute Gasteiger partial charge is 0.253 e. The SMILES string of the molecule is CCCOc1c(Cl)cc(C(=O)N(C)CC(C)C)cc1OC. The van der Waals surface area contributed by atoms with Crippen LogP contribution in [0.4, 0.5) is 0 Å². The Hall–Kier alpha value is -1.42. The first-order chi connectivity index (χ1) is 9.90. The molecule has 1 aromatic rings. The quantitative estimate of drug-likeness (QED) is 0.767. The van der Waals surface area contributed by atoms with Crippen LogP contribution >= 0.6 is 11.6 Å². The third kappa shape index (κ3) is 4.81. The minimum Gasteiger partial charge on any atom is -0.493 e. The highest BCUT2D eigenvalue weighted by Gasteiger charge is 2.18. The van der Waals surface area contributed by atoms with Crippen LogP contribution in [-0.2, 0) is 0 Å². The van der Waals surface area contributed by atoms with Crippen molar-refractivity contribution < 1.29 is 14.3 Å². The highest BCUT2D eigenvalue weighted by molar-refractivity contribution is 6.32. The number of amides is 1. The minimum absolute atomic E-state index is 0.0778. The molecule has 0 fully saturated rings. The Morgan fingerprint density at radius 2 is 2.05 bits per heavy atom. The Kier molecular flexibility index (Phi) is 6.82. The van der Waals surface area contributed by atoms with Crippen LogP contribution in [-0.4, -0.2) is 38.1 Å². The highest BCUT2D eigenvalue weighted by atomic mass is 35.5. The largest absolute Gasteiger partial charge is 0.493 e. The summed E-state index contributed by atoms with van der Waals surface area (Å²) < 4.78 is 10.9. The van der Waals surface area contributed by atoms with Gasteiger partial charge in [0.25, 0.3) is 5.91 Å². The van der Waals surface area contributed by atoms with Gasteiger partial charge in [-0.1, -0.05) is 32.4 Å². The number of hydrogen-bond donors (Lipinski definition) is 0. The molecule has 0 aliphatic carbocycles. The number of halogens is 1. The normalized spacial score (nSPS) is 10.6. The van der Waals surface area contributed by atoms with Crippen LogP contribution in [0.25, 0.3) is 0 Å². The van der Waals surface area contributed by atoms with E-state index in [1.54, 1.807) is 24.1 Å². The van der Waals surface area contributed by atoms with Gasteiger partial charge in [-0.25, -0.2) is 0 Å². The maximum Gasteiger partial charge on any atom is 0.253 e. The van der Waals surface area contributed by atoms with Crippen molar-refractivity contribution in [2.75, 3.05) is 27.3 Å². The van der Waals surface area contributed by atoms with Gasteiger partial charge < -0.3 is 14.4 Å². The second kappa shape index (κ2) is 8.13. The minimum atomic E-state index is -0.0778. The molecule has 118 valence electrons. The van der Waals surface area contributed by atoms with Gasteiger partial charge in [0.2, 0.25) is 0 Å². The van der Waals surface area contributed by atoms with E-state index < -0.39 is 0 Å². The fourth-order valence-electron chi connectivity index (χ4n) is 2.04. The maximum absolute atomic E-state index is 12.4. The van der Waals surface area contributed by atoms with Crippen molar-refractivity contribution in [1.29, 1.82) is 0 Å². The molecule has 0 heterocycles. The van der Waals surface area contributed by atoms with Gasteiger partial charge in [0.05, 0.1) is 18.7 Å². The zero-order valence-electron chi connectivity index (χ0n) is 13.4. The summed E-state index contributed by atoms with van der Waals surface area (Å²) >= 11 is 6.23. The van der Waals surface area contributed by atoms with E-state index in [0.29, 0.717) is 41.2 Å². The lowest BCUT2D eigenvalue weighted by atomic mass is 10.1. The second-order valence-electron chi connectivity index (χ2n) is 5.42. The van der Waals surface area contributed by atoms with E-state index in [1.165, 1.54) is 7.11 Å². The van der Waals surface area contributed by atoms with E-state index in [9.17, 15) is 4.79 Å². The van der Waals surface area contributed by atoms with Gasteiger partial charge in [0, 0.05) is 19.2 Å². The summed E-state index contributed by atoms with van der Waals surface area (Å²) in [6.07, 6.45) is 0.872. The Balaban J connectivity index is 3.04. The number of carbonyl (C=O) groups excluding carboxylic acids is 1. The van der Waals surface area contributed by atoms with Crippen LogP contribution in [0.3, 0.4) is 0 Å². The summed E-state index contributed by atoms with van der Waals surface area (Å²) in [7, 11) is 3.32. The Bertz CT molecular complexity index is 489. The predicted octanol–water partition coefficient (Wildman–Crippen LogP) is 3.87. The number of rotatable bonds is 7. The molecule has 0 radical (unpaired) electrons. The standard InChI is InChI=1S/C16H24ClNO3/c1-6-7-21-15-13(17)8-12(9-14(15)20-5)16(19)18(4)10-11(2)3/h8-9,11H,6-7,10H2,1-5H3. The Morgan fingerprint density at radius 3 is 2.57 bits per heavy atom. The van der Waals surface area contributed by atoms with Gasteiger partial charge in [-0.15, -0.1) is 0 Å². The van der Waals surface area contributed by atoms with E-state index in [4.69, 9.17) is 21.1 Å². The molecule has 0 unspecified atom stereocenters. The Labute approximate surface area is 132 Å². The average molecular weight is 314 g/mol. The first kappa shape index (κ1) is 17.6. The molecule has 0 spiro atoms. The second-order valence-corrected chi connectivity index (χ2v) is 5.82. The fourth-order valence-corrected chi connectivity index (χ4v) is 2.30. The molecule has 0 saturated carbocycles. The van der Waals surface area contributed by atoms with Crippen LogP contribution < -0.4 is 9.47 Å². The number of carbonyl (C=O) groups is 1. The molecular weight excluding hydrogens is 290 g/mol. The molecule has 0 aromatic heterocycles. The molecule has 0 bridgehead atoms. The van der Waals surface area contributed by atoms with E-state index in [0.717, 1.165) is 6.42 Å². The van der Waals surface area contributed by atoms with Gasteiger partial charge in [-0.05, 0) is 24.5 Å². The first-order valence-corrected chi connectivity index (χ1v) is 7.54. The summed E-state index contributed by atoms with van der Waals surface area (Å²) in [5, 5.41) is 0.393. The first-order valence-electron chi connectivity index (χ1n) is 7.16. The van der Waals surface area contributed by atoms with Crippen LogP contribution in [0.2, 0.25) is 5.02 Å². The number of nitrogens with zero attached hydrogens (tertiary/aromatic N) is 1. The van der Waals surface area contributed by atoms with Crippen molar-refractivity contribution >= 4 is 17.5 Å². The lowest BCUT2D eigenvalue weighted by Crippen LogP contribution is -2.30. The highest BCUT2D eigenvalue weighted by Crippen LogP contribution is 2.36. The molecule has 4 nitrogen and oxygen atoms in total. The molecular formula is C16H24ClNO3. The molecule has 1 aromatic carbocycles. The number of benzene rings is 1. The van der Waals surface area contributed by atoms with E-state index >= 15 is 0 Å². The van der Waals surface area contributed by atoms with Crippen molar-refractivity contribution in [2.24, 2.45) is 5.92 Å². The third-order valence-electron chi connectivity index (χ3n) is 2.91. The van der Waals surface area contributed by atoms with E-state index in [2.05, 4.69) is 13.8 Å². The van der Waals surface area contributed by atoms with Crippen LogP contribution in [0.1, 0.15) is 37.6 Å².